The molecular weight excluding hydrogens is 240 g/mol. The van der Waals surface area contributed by atoms with E-state index in [9.17, 15) is 9.59 Å². The smallest absolute Gasteiger partial charge is 0.319 e. The van der Waals surface area contributed by atoms with Gasteiger partial charge in [-0.2, -0.15) is 0 Å². The molecule has 0 heterocycles. The molecule has 19 heavy (non-hydrogen) atoms. The Morgan fingerprint density at radius 2 is 1.79 bits per heavy atom. The largest absolute Gasteiger partial charge is 0.465 e. The topological polar surface area (TPSA) is 43.4 Å². The number of hydrogen-bond acceptors (Lipinski definition) is 3. The normalized spacial score (nSPS) is 12.1. The summed E-state index contributed by atoms with van der Waals surface area (Å²) in [5.41, 5.74) is 0.336. The molecule has 0 aliphatic heterocycles. The van der Waals surface area contributed by atoms with Gasteiger partial charge in [0.05, 0.1) is 6.61 Å². The van der Waals surface area contributed by atoms with Crippen LogP contribution in [0.2, 0.25) is 0 Å². The fraction of sp³-hybridized carbons (Fsp3) is 0.375. The van der Waals surface area contributed by atoms with Crippen molar-refractivity contribution in [1.82, 2.24) is 0 Å². The molecule has 0 saturated heterocycles. The number of carbonyl (C=O) groups excluding carboxylic acids is 2. The molecule has 0 amide bonds. The van der Waals surface area contributed by atoms with E-state index in [0.717, 1.165) is 5.56 Å². The number of ether oxygens (including phenoxy) is 1. The Morgan fingerprint density at radius 1 is 1.21 bits per heavy atom. The Kier molecular flexibility index (Phi) is 5.04. The van der Waals surface area contributed by atoms with Crippen LogP contribution in [0.15, 0.2) is 35.9 Å². The predicted molar refractivity (Wildman–Crippen MR) is 75.5 cm³/mol. The number of rotatable bonds is 5. The highest BCUT2D eigenvalue weighted by molar-refractivity contribution is 6.13. The molecule has 0 spiro atoms. The van der Waals surface area contributed by atoms with E-state index >= 15 is 0 Å². The summed E-state index contributed by atoms with van der Waals surface area (Å²) in [5.74, 6) is -0.699. The highest BCUT2D eigenvalue weighted by Crippen LogP contribution is 2.24. The van der Waals surface area contributed by atoms with Gasteiger partial charge in [-0.1, -0.05) is 30.3 Å². The molecule has 0 aliphatic carbocycles. The number of benzene rings is 1. The first-order chi connectivity index (χ1) is 8.89. The second-order valence-corrected chi connectivity index (χ2v) is 4.91. The van der Waals surface area contributed by atoms with Crippen molar-refractivity contribution in [3.63, 3.8) is 0 Å². The van der Waals surface area contributed by atoms with Gasteiger partial charge in [-0.3, -0.25) is 9.59 Å². The van der Waals surface area contributed by atoms with E-state index in [1.807, 2.05) is 30.3 Å². The fourth-order valence-corrected chi connectivity index (χ4v) is 1.76. The molecular formula is C16H20O3. The third-order valence-electron chi connectivity index (χ3n) is 2.89. The number of esters is 1. The number of allylic oxidation sites excluding steroid dienone is 1. The number of Topliss-reactive ketones (excluding diaryl/α,β-unsaturated/α-hetero) is 1. The van der Waals surface area contributed by atoms with Gasteiger partial charge in [0, 0.05) is 0 Å². The number of carbonyl (C=O) groups is 2. The zero-order chi connectivity index (χ0) is 14.5. The van der Waals surface area contributed by atoms with Crippen LogP contribution in [0.5, 0.6) is 0 Å². The molecule has 0 N–H and O–H groups in total. The van der Waals surface area contributed by atoms with E-state index in [-0.39, 0.29) is 12.4 Å². The number of hydrogen-bond donors (Lipinski definition) is 0. The SMILES string of the molecule is CCOC(=O)C(C)(C)C(=O)C(C)=Cc1ccccc1. The van der Waals surface area contributed by atoms with Gasteiger partial charge in [0.15, 0.2) is 5.78 Å². The minimum Gasteiger partial charge on any atom is -0.465 e. The maximum Gasteiger partial charge on any atom is 0.319 e. The molecule has 0 saturated carbocycles. The second kappa shape index (κ2) is 6.32. The van der Waals surface area contributed by atoms with Crippen LogP contribution < -0.4 is 0 Å². The third-order valence-corrected chi connectivity index (χ3v) is 2.89. The van der Waals surface area contributed by atoms with E-state index in [0.29, 0.717) is 5.57 Å². The Bertz CT molecular complexity index is 484. The van der Waals surface area contributed by atoms with Crippen LogP contribution in [-0.4, -0.2) is 18.4 Å². The molecule has 1 aromatic rings. The van der Waals surface area contributed by atoms with Crippen molar-refractivity contribution in [2.45, 2.75) is 27.7 Å². The molecule has 3 heteroatoms. The van der Waals surface area contributed by atoms with Crippen molar-refractivity contribution in [2.24, 2.45) is 5.41 Å². The first-order valence-corrected chi connectivity index (χ1v) is 6.35. The molecule has 0 aliphatic rings. The summed E-state index contributed by atoms with van der Waals surface area (Å²) < 4.78 is 4.94. The lowest BCUT2D eigenvalue weighted by Gasteiger charge is -2.21. The van der Waals surface area contributed by atoms with Gasteiger partial charge in [0.2, 0.25) is 0 Å². The number of ketones is 1. The molecule has 102 valence electrons. The zero-order valence-corrected chi connectivity index (χ0v) is 11.9. The summed E-state index contributed by atoms with van der Waals surface area (Å²) in [6.07, 6.45) is 1.78. The summed E-state index contributed by atoms with van der Waals surface area (Å²) in [5, 5.41) is 0. The molecule has 0 bridgehead atoms. The molecule has 1 aromatic carbocycles. The van der Waals surface area contributed by atoms with E-state index in [1.54, 1.807) is 33.8 Å². The summed E-state index contributed by atoms with van der Waals surface area (Å²) in [7, 11) is 0. The van der Waals surface area contributed by atoms with E-state index in [4.69, 9.17) is 4.74 Å². The predicted octanol–water partition coefficient (Wildman–Crippen LogP) is 3.25. The van der Waals surface area contributed by atoms with Crippen LogP contribution in [0.25, 0.3) is 6.08 Å². The lowest BCUT2D eigenvalue weighted by atomic mass is 9.84. The van der Waals surface area contributed by atoms with Gasteiger partial charge in [-0.25, -0.2) is 0 Å². The first-order valence-electron chi connectivity index (χ1n) is 6.35. The van der Waals surface area contributed by atoms with Crippen LogP contribution in [0.3, 0.4) is 0 Å². The van der Waals surface area contributed by atoms with Gasteiger partial charge in [0.25, 0.3) is 0 Å². The molecule has 0 radical (unpaired) electrons. The van der Waals surface area contributed by atoms with Crippen molar-refractivity contribution in [3.05, 3.63) is 41.5 Å². The molecule has 3 nitrogen and oxygen atoms in total. The summed E-state index contributed by atoms with van der Waals surface area (Å²) in [4.78, 5) is 24.1. The Hall–Kier alpha value is -1.90. The molecule has 0 aromatic heterocycles. The van der Waals surface area contributed by atoms with Gasteiger partial charge < -0.3 is 4.74 Å². The quantitative estimate of drug-likeness (QED) is 0.463. The monoisotopic (exact) mass is 260 g/mol. The van der Waals surface area contributed by atoms with Crippen molar-refractivity contribution >= 4 is 17.8 Å². The van der Waals surface area contributed by atoms with Crippen LogP contribution in [0.4, 0.5) is 0 Å². The highest BCUT2D eigenvalue weighted by atomic mass is 16.5. The summed E-state index contributed by atoms with van der Waals surface area (Å²) in [6.45, 7) is 6.91. The minimum absolute atomic E-state index is 0.213. The van der Waals surface area contributed by atoms with Gasteiger partial charge in [-0.05, 0) is 44.9 Å². The lowest BCUT2D eigenvalue weighted by molar-refractivity contribution is -0.156. The Labute approximate surface area is 114 Å². The van der Waals surface area contributed by atoms with Crippen LogP contribution >= 0.6 is 0 Å². The van der Waals surface area contributed by atoms with Crippen LogP contribution in [-0.2, 0) is 14.3 Å². The second-order valence-electron chi connectivity index (χ2n) is 4.91. The zero-order valence-electron chi connectivity index (χ0n) is 11.9. The third kappa shape index (κ3) is 3.78. The van der Waals surface area contributed by atoms with Crippen molar-refractivity contribution in [1.29, 1.82) is 0 Å². The molecule has 0 atom stereocenters. The van der Waals surface area contributed by atoms with Gasteiger partial charge >= 0.3 is 5.97 Å². The molecule has 0 unspecified atom stereocenters. The average molecular weight is 260 g/mol. The fourth-order valence-electron chi connectivity index (χ4n) is 1.76. The maximum absolute atomic E-state index is 12.3. The molecule has 1 rings (SSSR count). The summed E-state index contributed by atoms with van der Waals surface area (Å²) >= 11 is 0. The van der Waals surface area contributed by atoms with Crippen molar-refractivity contribution in [3.8, 4) is 0 Å². The first kappa shape index (κ1) is 15.2. The van der Waals surface area contributed by atoms with E-state index in [2.05, 4.69) is 0 Å². The summed E-state index contributed by atoms with van der Waals surface area (Å²) in [6, 6.07) is 9.54. The highest BCUT2D eigenvalue weighted by Gasteiger charge is 2.37. The van der Waals surface area contributed by atoms with Crippen LogP contribution in [0.1, 0.15) is 33.3 Å². The Balaban J connectivity index is 2.93. The van der Waals surface area contributed by atoms with Crippen molar-refractivity contribution in [2.75, 3.05) is 6.61 Å². The van der Waals surface area contributed by atoms with E-state index < -0.39 is 11.4 Å². The lowest BCUT2D eigenvalue weighted by Crippen LogP contribution is -2.35. The molecule has 0 fully saturated rings. The standard InChI is InChI=1S/C16H20O3/c1-5-19-15(18)16(3,4)14(17)12(2)11-13-9-7-6-8-10-13/h6-11H,5H2,1-4H3. The Morgan fingerprint density at radius 3 is 2.32 bits per heavy atom. The van der Waals surface area contributed by atoms with Crippen LogP contribution in [0, 0.1) is 5.41 Å². The van der Waals surface area contributed by atoms with Crippen molar-refractivity contribution < 1.29 is 14.3 Å². The van der Waals surface area contributed by atoms with E-state index in [1.165, 1.54) is 0 Å². The minimum atomic E-state index is -1.15. The van der Waals surface area contributed by atoms with Gasteiger partial charge in [-0.15, -0.1) is 0 Å². The maximum atomic E-state index is 12.3. The average Bonchev–Trinajstić information content (AvgIpc) is 2.39. The van der Waals surface area contributed by atoms with Gasteiger partial charge in [0.1, 0.15) is 5.41 Å².